The Labute approximate surface area is 121 Å². The summed E-state index contributed by atoms with van der Waals surface area (Å²) in [5, 5.41) is 7.97. The van der Waals surface area contributed by atoms with Gasteiger partial charge in [0.05, 0.1) is 6.61 Å². The van der Waals surface area contributed by atoms with E-state index in [9.17, 15) is 0 Å². The molecule has 0 spiro atoms. The highest BCUT2D eigenvalue weighted by atomic mass is 32.1. The first-order valence-electron chi connectivity index (χ1n) is 7.31. The van der Waals surface area contributed by atoms with Crippen molar-refractivity contribution >= 4 is 11.3 Å². The van der Waals surface area contributed by atoms with Gasteiger partial charge in [-0.25, -0.2) is 0 Å². The summed E-state index contributed by atoms with van der Waals surface area (Å²) < 4.78 is 5.43. The minimum Gasteiger partial charge on any atom is -0.383 e. The molecule has 1 aliphatic rings. The molecule has 1 aromatic heterocycles. The number of rotatable bonds is 10. The zero-order chi connectivity index (χ0) is 13.5. The van der Waals surface area contributed by atoms with Gasteiger partial charge in [0.25, 0.3) is 0 Å². The lowest BCUT2D eigenvalue weighted by molar-refractivity contribution is 0.0789. The van der Waals surface area contributed by atoms with Crippen molar-refractivity contribution in [2.45, 2.75) is 44.8 Å². The normalized spacial score (nSPS) is 17.0. The van der Waals surface area contributed by atoms with Crippen molar-refractivity contribution in [2.24, 2.45) is 0 Å². The Kier molecular flexibility index (Phi) is 6.31. The van der Waals surface area contributed by atoms with E-state index in [0.29, 0.717) is 6.04 Å². The van der Waals surface area contributed by atoms with E-state index in [1.165, 1.54) is 24.8 Å². The molecule has 0 amide bonds. The minimum absolute atomic E-state index is 0.490. The van der Waals surface area contributed by atoms with Gasteiger partial charge in [0, 0.05) is 32.3 Å². The highest BCUT2D eigenvalue weighted by Gasteiger charge is 2.33. The molecule has 0 aromatic carbocycles. The summed E-state index contributed by atoms with van der Waals surface area (Å²) in [7, 11) is 1.81. The Bertz CT molecular complexity index is 338. The van der Waals surface area contributed by atoms with Crippen LogP contribution in [0, 0.1) is 0 Å². The Hall–Kier alpha value is -0.420. The van der Waals surface area contributed by atoms with Crippen LogP contribution in [-0.2, 0) is 11.3 Å². The molecule has 3 nitrogen and oxygen atoms in total. The molecule has 1 aliphatic carbocycles. The van der Waals surface area contributed by atoms with Gasteiger partial charge in [-0.2, -0.15) is 11.3 Å². The lowest BCUT2D eigenvalue weighted by Crippen LogP contribution is -2.46. The Balaban J connectivity index is 1.92. The van der Waals surface area contributed by atoms with Gasteiger partial charge in [-0.3, -0.25) is 4.90 Å². The van der Waals surface area contributed by atoms with E-state index in [4.69, 9.17) is 4.74 Å². The van der Waals surface area contributed by atoms with Crippen LogP contribution in [0.4, 0.5) is 0 Å². The maximum Gasteiger partial charge on any atom is 0.0630 e. The molecule has 1 unspecified atom stereocenters. The predicted molar refractivity (Wildman–Crippen MR) is 81.7 cm³/mol. The van der Waals surface area contributed by atoms with Crippen LogP contribution in [0.15, 0.2) is 16.8 Å². The lowest BCUT2D eigenvalue weighted by Gasteiger charge is -2.31. The smallest absolute Gasteiger partial charge is 0.0630 e. The molecule has 108 valence electrons. The summed E-state index contributed by atoms with van der Waals surface area (Å²) in [5.74, 6) is 0. The molecular weight excluding hydrogens is 256 g/mol. The third-order valence-electron chi connectivity index (χ3n) is 3.60. The van der Waals surface area contributed by atoms with E-state index < -0.39 is 0 Å². The molecule has 1 saturated carbocycles. The van der Waals surface area contributed by atoms with Crippen LogP contribution in [0.3, 0.4) is 0 Å². The minimum atomic E-state index is 0.490. The van der Waals surface area contributed by atoms with E-state index in [1.807, 2.05) is 7.11 Å². The first-order chi connectivity index (χ1) is 9.35. The van der Waals surface area contributed by atoms with Crippen molar-refractivity contribution in [2.75, 3.05) is 26.8 Å². The van der Waals surface area contributed by atoms with Crippen LogP contribution in [0.2, 0.25) is 0 Å². The maximum atomic E-state index is 5.43. The number of thiophene rings is 1. The van der Waals surface area contributed by atoms with Crippen molar-refractivity contribution < 1.29 is 4.74 Å². The van der Waals surface area contributed by atoms with Gasteiger partial charge in [-0.05, 0) is 48.2 Å². The number of ether oxygens (including phenoxy) is 1. The number of nitrogens with zero attached hydrogens (tertiary/aromatic N) is 1. The summed E-state index contributed by atoms with van der Waals surface area (Å²) in [6.07, 6.45) is 3.88. The topological polar surface area (TPSA) is 24.5 Å². The van der Waals surface area contributed by atoms with E-state index in [1.54, 1.807) is 11.3 Å². The highest BCUT2D eigenvalue weighted by molar-refractivity contribution is 7.07. The fourth-order valence-electron chi connectivity index (χ4n) is 2.47. The average Bonchev–Trinajstić information content (AvgIpc) is 3.13. The van der Waals surface area contributed by atoms with Crippen LogP contribution in [0.1, 0.15) is 31.7 Å². The molecule has 19 heavy (non-hydrogen) atoms. The van der Waals surface area contributed by atoms with Gasteiger partial charge in [-0.1, -0.05) is 6.92 Å². The largest absolute Gasteiger partial charge is 0.383 e. The zero-order valence-corrected chi connectivity index (χ0v) is 12.9. The average molecular weight is 282 g/mol. The molecule has 4 heteroatoms. The van der Waals surface area contributed by atoms with Crippen molar-refractivity contribution in [1.82, 2.24) is 10.2 Å². The third-order valence-corrected chi connectivity index (χ3v) is 4.33. The van der Waals surface area contributed by atoms with Crippen molar-refractivity contribution in [1.29, 1.82) is 0 Å². The number of nitrogens with one attached hydrogen (secondary N) is 1. The third kappa shape index (κ3) is 4.88. The van der Waals surface area contributed by atoms with Crippen LogP contribution < -0.4 is 5.32 Å². The van der Waals surface area contributed by atoms with E-state index in [0.717, 1.165) is 32.3 Å². The Morgan fingerprint density at radius 1 is 1.53 bits per heavy atom. The Morgan fingerprint density at radius 2 is 2.37 bits per heavy atom. The van der Waals surface area contributed by atoms with Gasteiger partial charge >= 0.3 is 0 Å². The number of hydrogen-bond donors (Lipinski definition) is 1. The summed E-state index contributed by atoms with van der Waals surface area (Å²) in [6, 6.07) is 3.50. The highest BCUT2D eigenvalue weighted by Crippen LogP contribution is 2.30. The molecule has 1 N–H and O–H groups in total. The SMILES string of the molecule is CCCNCC(COC)N(Cc1ccsc1)C1CC1. The van der Waals surface area contributed by atoms with E-state index in [2.05, 4.69) is 34.0 Å². The fraction of sp³-hybridized carbons (Fsp3) is 0.733. The molecule has 1 heterocycles. The molecule has 0 saturated heterocycles. The molecule has 1 atom stereocenters. The fourth-order valence-corrected chi connectivity index (χ4v) is 3.13. The van der Waals surface area contributed by atoms with Gasteiger partial charge in [-0.15, -0.1) is 0 Å². The molecule has 0 radical (unpaired) electrons. The van der Waals surface area contributed by atoms with E-state index >= 15 is 0 Å². The van der Waals surface area contributed by atoms with Crippen LogP contribution >= 0.6 is 11.3 Å². The molecular formula is C15H26N2OS. The van der Waals surface area contributed by atoms with Crippen molar-refractivity contribution in [3.05, 3.63) is 22.4 Å². The summed E-state index contributed by atoms with van der Waals surface area (Å²) >= 11 is 1.79. The summed E-state index contributed by atoms with van der Waals surface area (Å²) in [5.41, 5.74) is 1.44. The van der Waals surface area contributed by atoms with Crippen molar-refractivity contribution in [3.8, 4) is 0 Å². The van der Waals surface area contributed by atoms with Gasteiger partial charge in [0.1, 0.15) is 0 Å². The van der Waals surface area contributed by atoms with Crippen LogP contribution in [0.25, 0.3) is 0 Å². The van der Waals surface area contributed by atoms with Crippen molar-refractivity contribution in [3.63, 3.8) is 0 Å². The zero-order valence-electron chi connectivity index (χ0n) is 12.1. The molecule has 0 aliphatic heterocycles. The lowest BCUT2D eigenvalue weighted by atomic mass is 10.2. The Morgan fingerprint density at radius 3 is 2.95 bits per heavy atom. The predicted octanol–water partition coefficient (Wildman–Crippen LogP) is 2.73. The van der Waals surface area contributed by atoms with E-state index in [-0.39, 0.29) is 0 Å². The van der Waals surface area contributed by atoms with Gasteiger partial charge < -0.3 is 10.1 Å². The van der Waals surface area contributed by atoms with Gasteiger partial charge in [0.15, 0.2) is 0 Å². The molecule has 2 rings (SSSR count). The van der Waals surface area contributed by atoms with Crippen LogP contribution in [-0.4, -0.2) is 43.8 Å². The second kappa shape index (κ2) is 8.00. The summed E-state index contributed by atoms with van der Waals surface area (Å²) in [4.78, 5) is 2.63. The number of methoxy groups -OCH3 is 1. The first-order valence-corrected chi connectivity index (χ1v) is 8.26. The molecule has 1 aromatic rings. The standard InChI is InChI=1S/C15H26N2OS/c1-3-7-16-9-15(11-18-2)17(14-4-5-14)10-13-6-8-19-12-13/h6,8,12,14-16H,3-5,7,9-11H2,1-2H3. The summed E-state index contributed by atoms with van der Waals surface area (Å²) in [6.45, 7) is 6.22. The second-order valence-electron chi connectivity index (χ2n) is 5.35. The first kappa shape index (κ1) is 15.0. The van der Waals surface area contributed by atoms with Crippen LogP contribution in [0.5, 0.6) is 0 Å². The number of hydrogen-bond acceptors (Lipinski definition) is 4. The molecule has 0 bridgehead atoms. The van der Waals surface area contributed by atoms with Gasteiger partial charge in [0.2, 0.25) is 0 Å². The second-order valence-corrected chi connectivity index (χ2v) is 6.13. The molecule has 1 fully saturated rings. The quantitative estimate of drug-likeness (QED) is 0.668. The maximum absolute atomic E-state index is 5.43. The monoisotopic (exact) mass is 282 g/mol.